The van der Waals surface area contributed by atoms with Crippen LogP contribution in [0.2, 0.25) is 0 Å². The van der Waals surface area contributed by atoms with Crippen molar-refractivity contribution < 1.29 is 9.59 Å². The van der Waals surface area contributed by atoms with Gasteiger partial charge >= 0.3 is 0 Å². The van der Waals surface area contributed by atoms with Gasteiger partial charge in [-0.05, 0) is 18.8 Å². The van der Waals surface area contributed by atoms with Crippen LogP contribution in [0, 0.1) is 11.3 Å². The van der Waals surface area contributed by atoms with Crippen molar-refractivity contribution in [1.29, 1.82) is 0 Å². The van der Waals surface area contributed by atoms with Gasteiger partial charge in [-0.3, -0.25) is 9.59 Å². The van der Waals surface area contributed by atoms with Crippen molar-refractivity contribution >= 4 is 29.0 Å². The molecule has 0 aliphatic carbocycles. The van der Waals surface area contributed by atoms with Crippen molar-refractivity contribution in [3.8, 4) is 0 Å². The molecule has 0 rings (SSSR count). The summed E-state index contributed by atoms with van der Waals surface area (Å²) in [6.45, 7) is 8.36. The third-order valence-electron chi connectivity index (χ3n) is 3.45. The van der Waals surface area contributed by atoms with E-state index in [1.807, 2.05) is 27.7 Å². The van der Waals surface area contributed by atoms with E-state index in [2.05, 4.69) is 0 Å². The van der Waals surface area contributed by atoms with Gasteiger partial charge in [0.05, 0.1) is 16.9 Å². The van der Waals surface area contributed by atoms with Crippen LogP contribution < -0.4 is 11.5 Å². The summed E-state index contributed by atoms with van der Waals surface area (Å²) >= 11 is 5.20. The van der Waals surface area contributed by atoms with Crippen LogP contribution >= 0.6 is 12.2 Å². The normalized spacial score (nSPS) is 11.5. The first-order valence-electron chi connectivity index (χ1n) is 7.58. The first-order chi connectivity index (χ1) is 9.71. The summed E-state index contributed by atoms with van der Waals surface area (Å²) in [5.74, 6) is -0.444. The monoisotopic (exact) mass is 315 g/mol. The third-order valence-corrected chi connectivity index (χ3v) is 3.84. The Balaban J connectivity index is 5.54. The average molecular weight is 315 g/mol. The summed E-state index contributed by atoms with van der Waals surface area (Å²) < 4.78 is 0. The molecule has 0 fully saturated rings. The van der Waals surface area contributed by atoms with E-state index in [0.29, 0.717) is 19.4 Å². The van der Waals surface area contributed by atoms with Gasteiger partial charge in [-0.25, -0.2) is 0 Å². The van der Waals surface area contributed by atoms with Crippen LogP contribution in [0.25, 0.3) is 0 Å². The minimum absolute atomic E-state index is 0.0885. The molecule has 0 aliphatic heterocycles. The highest BCUT2D eigenvalue weighted by molar-refractivity contribution is 7.80. The second kappa shape index (κ2) is 8.97. The van der Waals surface area contributed by atoms with E-state index >= 15 is 0 Å². The molecular formula is C15H29N3O2S. The molecule has 21 heavy (non-hydrogen) atoms. The van der Waals surface area contributed by atoms with Crippen molar-refractivity contribution in [3.63, 3.8) is 0 Å². The van der Waals surface area contributed by atoms with E-state index in [1.54, 1.807) is 0 Å². The minimum atomic E-state index is -0.858. The molecular weight excluding hydrogens is 286 g/mol. The second-order valence-electron chi connectivity index (χ2n) is 5.99. The highest BCUT2D eigenvalue weighted by Gasteiger charge is 2.42. The van der Waals surface area contributed by atoms with Gasteiger partial charge < -0.3 is 16.4 Å². The lowest BCUT2D eigenvalue weighted by molar-refractivity contribution is -0.142. The summed E-state index contributed by atoms with van der Waals surface area (Å²) in [7, 11) is 0. The van der Waals surface area contributed by atoms with E-state index in [4.69, 9.17) is 23.7 Å². The lowest BCUT2D eigenvalue weighted by Crippen LogP contribution is -2.53. The van der Waals surface area contributed by atoms with Gasteiger partial charge in [0.15, 0.2) is 0 Å². The lowest BCUT2D eigenvalue weighted by Gasteiger charge is -2.36. The smallest absolute Gasteiger partial charge is 0.237 e. The third kappa shape index (κ3) is 5.61. The van der Waals surface area contributed by atoms with Crippen molar-refractivity contribution in [2.75, 3.05) is 13.1 Å². The molecule has 0 aromatic rings. The predicted molar refractivity (Wildman–Crippen MR) is 89.6 cm³/mol. The quantitative estimate of drug-likeness (QED) is 0.602. The molecule has 0 bridgehead atoms. The molecule has 122 valence electrons. The van der Waals surface area contributed by atoms with Crippen LogP contribution in [0.1, 0.15) is 53.4 Å². The van der Waals surface area contributed by atoms with Crippen molar-refractivity contribution in [2.45, 2.75) is 53.4 Å². The highest BCUT2D eigenvalue weighted by Crippen LogP contribution is 2.33. The Bertz CT molecular complexity index is 377. The Morgan fingerprint density at radius 3 is 1.90 bits per heavy atom. The summed E-state index contributed by atoms with van der Waals surface area (Å²) in [4.78, 5) is 26.0. The van der Waals surface area contributed by atoms with Crippen LogP contribution in [0.4, 0.5) is 0 Å². The van der Waals surface area contributed by atoms with Gasteiger partial charge in [0, 0.05) is 6.54 Å². The molecule has 0 heterocycles. The molecule has 6 heteroatoms. The minimum Gasteiger partial charge on any atom is -0.392 e. The van der Waals surface area contributed by atoms with Crippen LogP contribution in [0.15, 0.2) is 0 Å². The number of nitrogens with zero attached hydrogens (tertiary/aromatic N) is 1. The SMILES string of the molecule is CCCC(CCC)(C(=O)N(CC(N)=O)CC(C)C)C(N)=S. The zero-order chi connectivity index (χ0) is 16.6. The predicted octanol–water partition coefficient (Wildman–Crippen LogP) is 1.83. The standard InChI is InChI=1S/C15H29N3O2S/c1-5-7-15(8-6-2,13(17)21)14(20)18(9-11(3)4)10-12(16)19/h11H,5-10H2,1-4H3,(H2,16,19)(H2,17,21). The van der Waals surface area contributed by atoms with Gasteiger partial charge in [0.2, 0.25) is 11.8 Å². The number of hydrogen-bond acceptors (Lipinski definition) is 3. The number of rotatable bonds is 10. The van der Waals surface area contributed by atoms with Crippen LogP contribution in [-0.2, 0) is 9.59 Å². The first-order valence-corrected chi connectivity index (χ1v) is 7.99. The fourth-order valence-corrected chi connectivity index (χ4v) is 2.99. The molecule has 0 aromatic heterocycles. The Morgan fingerprint density at radius 2 is 1.62 bits per heavy atom. The summed E-state index contributed by atoms with van der Waals surface area (Å²) in [5, 5.41) is 0. The van der Waals surface area contributed by atoms with Crippen LogP contribution in [-0.4, -0.2) is 34.8 Å². The van der Waals surface area contributed by atoms with Crippen LogP contribution in [0.3, 0.4) is 0 Å². The van der Waals surface area contributed by atoms with Gasteiger partial charge in [0.25, 0.3) is 0 Å². The maximum atomic E-state index is 13.0. The Labute approximate surface area is 133 Å². The topological polar surface area (TPSA) is 89.4 Å². The molecule has 0 saturated heterocycles. The Hall–Kier alpha value is -1.17. The molecule has 0 saturated carbocycles. The van der Waals surface area contributed by atoms with Gasteiger partial charge in [-0.15, -0.1) is 0 Å². The van der Waals surface area contributed by atoms with E-state index in [0.717, 1.165) is 12.8 Å². The number of carbonyl (C=O) groups is 2. The van der Waals surface area contributed by atoms with Crippen molar-refractivity contribution in [3.05, 3.63) is 0 Å². The molecule has 0 aromatic carbocycles. The first kappa shape index (κ1) is 19.8. The second-order valence-corrected chi connectivity index (χ2v) is 6.43. The molecule has 0 unspecified atom stereocenters. The van der Waals surface area contributed by atoms with E-state index in [-0.39, 0.29) is 23.4 Å². The van der Waals surface area contributed by atoms with Gasteiger partial charge in [0.1, 0.15) is 0 Å². The Morgan fingerprint density at radius 1 is 1.14 bits per heavy atom. The average Bonchev–Trinajstić information content (AvgIpc) is 2.35. The fourth-order valence-electron chi connectivity index (χ4n) is 2.70. The van der Waals surface area contributed by atoms with E-state index < -0.39 is 11.3 Å². The fraction of sp³-hybridized carbons (Fsp3) is 0.800. The van der Waals surface area contributed by atoms with Gasteiger partial charge in [-0.2, -0.15) is 0 Å². The largest absolute Gasteiger partial charge is 0.392 e. The summed E-state index contributed by atoms with van der Waals surface area (Å²) in [6.07, 6.45) is 2.80. The number of carbonyl (C=O) groups excluding carboxylic acids is 2. The van der Waals surface area contributed by atoms with Crippen molar-refractivity contribution in [2.24, 2.45) is 22.8 Å². The summed E-state index contributed by atoms with van der Waals surface area (Å²) in [5.41, 5.74) is 10.3. The highest BCUT2D eigenvalue weighted by atomic mass is 32.1. The van der Waals surface area contributed by atoms with E-state index in [1.165, 1.54) is 4.90 Å². The number of thiocarbonyl (C=S) groups is 1. The number of hydrogen-bond donors (Lipinski definition) is 2. The number of amides is 2. The summed E-state index contributed by atoms with van der Waals surface area (Å²) in [6, 6.07) is 0. The molecule has 0 radical (unpaired) electrons. The van der Waals surface area contributed by atoms with E-state index in [9.17, 15) is 9.59 Å². The number of nitrogens with two attached hydrogens (primary N) is 2. The van der Waals surface area contributed by atoms with Gasteiger partial charge in [-0.1, -0.05) is 52.8 Å². The maximum Gasteiger partial charge on any atom is 0.237 e. The number of primary amides is 1. The van der Waals surface area contributed by atoms with Crippen molar-refractivity contribution in [1.82, 2.24) is 4.90 Å². The lowest BCUT2D eigenvalue weighted by atomic mass is 9.77. The molecule has 0 spiro atoms. The maximum absolute atomic E-state index is 13.0. The molecule has 2 amide bonds. The molecule has 0 atom stereocenters. The Kier molecular flexibility index (Phi) is 8.47. The molecule has 0 aliphatic rings. The van der Waals surface area contributed by atoms with Crippen LogP contribution in [0.5, 0.6) is 0 Å². The molecule has 5 nitrogen and oxygen atoms in total. The zero-order valence-corrected chi connectivity index (χ0v) is 14.5. The zero-order valence-electron chi connectivity index (χ0n) is 13.6. The molecule has 4 N–H and O–H groups in total.